The molecule has 1 atom stereocenters. The first kappa shape index (κ1) is 24.8. The van der Waals surface area contributed by atoms with Crippen LogP contribution in [0.3, 0.4) is 0 Å². The van der Waals surface area contributed by atoms with E-state index in [-0.39, 0.29) is 25.3 Å². The fourth-order valence-corrected chi connectivity index (χ4v) is 4.61. The second-order valence-electron chi connectivity index (χ2n) is 7.54. The van der Waals surface area contributed by atoms with Gasteiger partial charge in [-0.05, 0) is 53.0 Å². The number of hydrogen-bond donors (Lipinski definition) is 0. The fourth-order valence-electron chi connectivity index (χ4n) is 2.67. The lowest BCUT2D eigenvalue weighted by Gasteiger charge is -2.26. The Labute approximate surface area is 169 Å². The van der Waals surface area contributed by atoms with E-state index in [2.05, 4.69) is 0 Å². The normalized spacial score (nSPS) is 13.3. The molecule has 0 amide bonds. The molecule has 0 aromatic heterocycles. The molecule has 1 rings (SSSR count). The van der Waals surface area contributed by atoms with E-state index in [9.17, 15) is 9.36 Å². The largest absolute Gasteiger partial charge is 0.460 e. The average Bonchev–Trinajstić information content (AvgIpc) is 2.60. The Morgan fingerprint density at radius 3 is 2.21 bits per heavy atom. The van der Waals surface area contributed by atoms with E-state index in [4.69, 9.17) is 18.5 Å². The van der Waals surface area contributed by atoms with Crippen LogP contribution in [0.5, 0.6) is 0 Å². The molecule has 0 heterocycles. The molecule has 1 unspecified atom stereocenters. The van der Waals surface area contributed by atoms with Crippen LogP contribution in [0, 0.1) is 5.92 Å². The Bertz CT molecular complexity index is 601. The van der Waals surface area contributed by atoms with Crippen LogP contribution in [-0.2, 0) is 34.5 Å². The van der Waals surface area contributed by atoms with Gasteiger partial charge in [-0.1, -0.05) is 30.3 Å². The van der Waals surface area contributed by atoms with Crippen LogP contribution in [-0.4, -0.2) is 37.6 Å². The van der Waals surface area contributed by atoms with Gasteiger partial charge in [-0.25, -0.2) is 0 Å². The summed E-state index contributed by atoms with van der Waals surface area (Å²) in [6, 6.07) is 9.91. The monoisotopic (exact) mass is 414 g/mol. The molecule has 28 heavy (non-hydrogen) atoms. The van der Waals surface area contributed by atoms with Crippen molar-refractivity contribution < 1.29 is 27.9 Å². The molecule has 0 N–H and O–H groups in total. The maximum absolute atomic E-state index is 12.9. The summed E-state index contributed by atoms with van der Waals surface area (Å²) < 4.78 is 34.8. The molecule has 0 bridgehead atoms. The number of benzene rings is 1. The summed E-state index contributed by atoms with van der Waals surface area (Å²) in [5.74, 6) is -0.946. The van der Waals surface area contributed by atoms with E-state index in [0.717, 1.165) is 5.56 Å². The highest BCUT2D eigenvalue weighted by molar-refractivity contribution is 7.53. The maximum atomic E-state index is 12.9. The summed E-state index contributed by atoms with van der Waals surface area (Å²) in [6.07, 6.45) is 1.16. The van der Waals surface area contributed by atoms with Crippen LogP contribution < -0.4 is 0 Å². The number of carbonyl (C=O) groups excluding carboxylic acids is 1. The minimum atomic E-state index is -3.34. The van der Waals surface area contributed by atoms with Gasteiger partial charge in [-0.2, -0.15) is 0 Å². The topological polar surface area (TPSA) is 71.1 Å². The van der Waals surface area contributed by atoms with E-state index in [1.165, 1.54) is 0 Å². The van der Waals surface area contributed by atoms with Gasteiger partial charge in [0, 0.05) is 6.61 Å². The predicted octanol–water partition coefficient (Wildman–Crippen LogP) is 5.21. The molecule has 0 aliphatic heterocycles. The minimum absolute atomic E-state index is 0.0161. The molecule has 160 valence electrons. The van der Waals surface area contributed by atoms with Crippen molar-refractivity contribution in [3.05, 3.63) is 35.9 Å². The SMILES string of the molecule is CCOP(=O)(CC(CCCOCc1ccccc1)C(=O)OC(C)(C)C)OCC. The summed E-state index contributed by atoms with van der Waals surface area (Å²) in [5, 5.41) is 0. The Balaban J connectivity index is 2.63. The van der Waals surface area contributed by atoms with Crippen LogP contribution >= 0.6 is 7.60 Å². The molecule has 0 radical (unpaired) electrons. The van der Waals surface area contributed by atoms with Crippen molar-refractivity contribution in [2.24, 2.45) is 5.92 Å². The Hall–Kier alpha value is -1.20. The van der Waals surface area contributed by atoms with Crippen molar-refractivity contribution in [3.63, 3.8) is 0 Å². The van der Waals surface area contributed by atoms with Crippen molar-refractivity contribution in [2.45, 2.75) is 59.7 Å². The quantitative estimate of drug-likeness (QED) is 0.251. The summed E-state index contributed by atoms with van der Waals surface area (Å²) in [6.45, 7) is 10.5. The van der Waals surface area contributed by atoms with Crippen molar-refractivity contribution >= 4 is 13.6 Å². The molecular formula is C21H35O6P. The molecule has 6 nitrogen and oxygen atoms in total. The van der Waals surface area contributed by atoms with Gasteiger partial charge in [-0.15, -0.1) is 0 Å². The zero-order valence-corrected chi connectivity index (χ0v) is 18.7. The second kappa shape index (κ2) is 12.4. The van der Waals surface area contributed by atoms with Crippen LogP contribution in [0.4, 0.5) is 0 Å². The van der Waals surface area contributed by atoms with E-state index in [1.54, 1.807) is 13.8 Å². The van der Waals surface area contributed by atoms with Gasteiger partial charge in [0.2, 0.25) is 0 Å². The van der Waals surface area contributed by atoms with E-state index in [1.807, 2.05) is 51.1 Å². The van der Waals surface area contributed by atoms with Gasteiger partial charge >= 0.3 is 13.6 Å². The van der Waals surface area contributed by atoms with E-state index < -0.39 is 19.1 Å². The summed E-state index contributed by atoms with van der Waals surface area (Å²) >= 11 is 0. The number of hydrogen-bond acceptors (Lipinski definition) is 6. The van der Waals surface area contributed by atoms with Gasteiger partial charge in [0.05, 0.1) is 31.9 Å². The van der Waals surface area contributed by atoms with Crippen LogP contribution in [0.2, 0.25) is 0 Å². The van der Waals surface area contributed by atoms with Crippen molar-refractivity contribution in [2.75, 3.05) is 26.0 Å². The lowest BCUT2D eigenvalue weighted by molar-refractivity contribution is -0.159. The first-order valence-electron chi connectivity index (χ1n) is 9.91. The Kier molecular flexibility index (Phi) is 11.0. The molecule has 0 aliphatic carbocycles. The fraction of sp³-hybridized carbons (Fsp3) is 0.667. The number of rotatable bonds is 13. The molecule has 1 aromatic carbocycles. The molecule has 1 aromatic rings. The van der Waals surface area contributed by atoms with E-state index >= 15 is 0 Å². The van der Waals surface area contributed by atoms with Gasteiger partial charge in [0.1, 0.15) is 5.60 Å². The third kappa shape index (κ3) is 10.4. The number of esters is 1. The highest BCUT2D eigenvalue weighted by Crippen LogP contribution is 2.50. The van der Waals surface area contributed by atoms with Crippen molar-refractivity contribution in [3.8, 4) is 0 Å². The van der Waals surface area contributed by atoms with Gasteiger partial charge < -0.3 is 18.5 Å². The molecule has 0 aliphatic rings. The number of ether oxygens (including phenoxy) is 2. The standard InChI is InChI=1S/C21H35O6P/c1-6-25-28(23,26-7-2)17-19(20(22)27-21(3,4)5)14-11-15-24-16-18-12-9-8-10-13-18/h8-10,12-13,19H,6-7,11,14-17H2,1-5H3. The third-order valence-electron chi connectivity index (χ3n) is 3.79. The molecule has 0 saturated carbocycles. The average molecular weight is 414 g/mol. The molecular weight excluding hydrogens is 379 g/mol. The van der Waals surface area contributed by atoms with Crippen LogP contribution in [0.15, 0.2) is 30.3 Å². The molecule has 7 heteroatoms. The molecule has 0 spiro atoms. The van der Waals surface area contributed by atoms with Crippen LogP contribution in [0.1, 0.15) is 53.0 Å². The summed E-state index contributed by atoms with van der Waals surface area (Å²) in [5.41, 5.74) is 0.490. The highest BCUT2D eigenvalue weighted by Gasteiger charge is 2.34. The Morgan fingerprint density at radius 1 is 1.07 bits per heavy atom. The first-order valence-corrected chi connectivity index (χ1v) is 11.6. The van der Waals surface area contributed by atoms with Crippen LogP contribution in [0.25, 0.3) is 0 Å². The molecule has 0 saturated heterocycles. The highest BCUT2D eigenvalue weighted by atomic mass is 31.2. The van der Waals surface area contributed by atoms with Crippen molar-refractivity contribution in [1.29, 1.82) is 0 Å². The lowest BCUT2D eigenvalue weighted by atomic mass is 10.1. The van der Waals surface area contributed by atoms with Gasteiger partial charge in [0.25, 0.3) is 0 Å². The second-order valence-corrected chi connectivity index (χ2v) is 9.64. The number of carbonyl (C=O) groups is 1. The zero-order valence-electron chi connectivity index (χ0n) is 17.8. The smallest absolute Gasteiger partial charge is 0.331 e. The third-order valence-corrected chi connectivity index (χ3v) is 5.98. The summed E-state index contributed by atoms with van der Waals surface area (Å²) in [7, 11) is -3.34. The predicted molar refractivity (Wildman–Crippen MR) is 110 cm³/mol. The minimum Gasteiger partial charge on any atom is -0.460 e. The molecule has 0 fully saturated rings. The van der Waals surface area contributed by atoms with Crippen molar-refractivity contribution in [1.82, 2.24) is 0 Å². The summed E-state index contributed by atoms with van der Waals surface area (Å²) in [4.78, 5) is 12.6. The van der Waals surface area contributed by atoms with Gasteiger partial charge in [-0.3, -0.25) is 9.36 Å². The zero-order chi connectivity index (χ0) is 21.0. The lowest BCUT2D eigenvalue weighted by Crippen LogP contribution is -2.31. The Morgan fingerprint density at radius 2 is 1.68 bits per heavy atom. The van der Waals surface area contributed by atoms with Gasteiger partial charge in [0.15, 0.2) is 0 Å². The first-order chi connectivity index (χ1) is 13.2. The van der Waals surface area contributed by atoms with E-state index in [0.29, 0.717) is 26.1 Å². The maximum Gasteiger partial charge on any atom is 0.331 e.